The highest BCUT2D eigenvalue weighted by Gasteiger charge is 2.46. The van der Waals surface area contributed by atoms with Gasteiger partial charge in [0.1, 0.15) is 11.3 Å². The van der Waals surface area contributed by atoms with Gasteiger partial charge >= 0.3 is 0 Å². The largest absolute Gasteiger partial charge is 0.503 e. The molecule has 0 saturated heterocycles. The molecule has 1 amide bonds. The molecule has 3 aromatic carbocycles. The summed E-state index contributed by atoms with van der Waals surface area (Å²) >= 11 is 3.42. The smallest absolute Gasteiger partial charge is 0.296 e. The lowest BCUT2D eigenvalue weighted by Gasteiger charge is -2.24. The fourth-order valence-corrected chi connectivity index (χ4v) is 5.17. The summed E-state index contributed by atoms with van der Waals surface area (Å²) in [6.07, 6.45) is 0. The monoisotopic (exact) mass is 571 g/mol. The number of furan rings is 1. The Morgan fingerprint density at radius 1 is 1.08 bits per heavy atom. The number of imidazole rings is 1. The molecule has 1 unspecified atom stereocenters. The maximum Gasteiger partial charge on any atom is 0.296 e. The summed E-state index contributed by atoms with van der Waals surface area (Å²) < 4.78 is 12.0. The average molecular weight is 572 g/mol. The van der Waals surface area contributed by atoms with E-state index < -0.39 is 23.5 Å². The number of H-pyrrole nitrogens is 1. The molecule has 1 aliphatic rings. The number of benzene rings is 3. The summed E-state index contributed by atoms with van der Waals surface area (Å²) in [6, 6.07) is 16.9. The van der Waals surface area contributed by atoms with Crippen molar-refractivity contribution in [1.82, 2.24) is 9.97 Å². The summed E-state index contributed by atoms with van der Waals surface area (Å²) in [5.74, 6) is -1.12. The predicted molar refractivity (Wildman–Crippen MR) is 147 cm³/mol. The van der Waals surface area contributed by atoms with E-state index in [0.717, 1.165) is 21.1 Å². The number of methoxy groups -OCH3 is 1. The van der Waals surface area contributed by atoms with Gasteiger partial charge in [-0.2, -0.15) is 0 Å². The van der Waals surface area contributed by atoms with Crippen LogP contribution in [0.15, 0.2) is 80.9 Å². The molecule has 3 heterocycles. The number of carbonyl (C=O) groups excluding carboxylic acids is 2. The van der Waals surface area contributed by atoms with Gasteiger partial charge in [-0.25, -0.2) is 4.98 Å². The van der Waals surface area contributed by atoms with Crippen LogP contribution in [-0.2, 0) is 4.79 Å². The lowest BCUT2D eigenvalue weighted by Crippen LogP contribution is -2.32. The molecular weight excluding hydrogens is 550 g/mol. The molecule has 5 aromatic rings. The van der Waals surface area contributed by atoms with Crippen LogP contribution in [0.3, 0.4) is 0 Å². The first-order valence-electron chi connectivity index (χ1n) is 11.9. The van der Waals surface area contributed by atoms with E-state index >= 15 is 0 Å². The Kier molecular flexibility index (Phi) is 5.61. The molecule has 1 atom stereocenters. The van der Waals surface area contributed by atoms with Crippen molar-refractivity contribution < 1.29 is 23.8 Å². The Labute approximate surface area is 225 Å². The van der Waals surface area contributed by atoms with Gasteiger partial charge in [-0.05, 0) is 79.1 Å². The van der Waals surface area contributed by atoms with Crippen LogP contribution in [0.4, 0.5) is 5.95 Å². The number of fused-ring (bicyclic) bond motifs is 2. The number of aromatic nitrogens is 2. The maximum atomic E-state index is 13.8. The lowest BCUT2D eigenvalue weighted by molar-refractivity contribution is -0.117. The van der Waals surface area contributed by atoms with Crippen LogP contribution in [0.25, 0.3) is 22.0 Å². The van der Waals surface area contributed by atoms with Gasteiger partial charge in [-0.15, -0.1) is 0 Å². The van der Waals surface area contributed by atoms with E-state index in [2.05, 4.69) is 25.9 Å². The van der Waals surface area contributed by atoms with Crippen LogP contribution in [0.5, 0.6) is 5.75 Å². The third-order valence-corrected chi connectivity index (χ3v) is 7.39. The van der Waals surface area contributed by atoms with E-state index in [1.807, 2.05) is 38.1 Å². The van der Waals surface area contributed by atoms with Crippen LogP contribution in [0.1, 0.15) is 33.3 Å². The van der Waals surface area contributed by atoms with Gasteiger partial charge < -0.3 is 19.2 Å². The van der Waals surface area contributed by atoms with Crippen molar-refractivity contribution in [2.75, 3.05) is 12.0 Å². The second-order valence-electron chi connectivity index (χ2n) is 9.25. The summed E-state index contributed by atoms with van der Waals surface area (Å²) in [5, 5.41) is 11.8. The zero-order valence-corrected chi connectivity index (χ0v) is 22.3. The molecule has 2 aromatic heterocycles. The van der Waals surface area contributed by atoms with Gasteiger partial charge in [0.2, 0.25) is 11.7 Å². The normalized spacial score (nSPS) is 15.7. The number of hydrogen-bond donors (Lipinski definition) is 2. The van der Waals surface area contributed by atoms with Crippen molar-refractivity contribution in [3.05, 3.63) is 98.9 Å². The number of ether oxygens (including phenoxy) is 1. The van der Waals surface area contributed by atoms with Gasteiger partial charge in [0, 0.05) is 9.86 Å². The van der Waals surface area contributed by atoms with Crippen molar-refractivity contribution in [3.63, 3.8) is 0 Å². The van der Waals surface area contributed by atoms with E-state index in [-0.39, 0.29) is 17.3 Å². The molecule has 0 spiro atoms. The first-order valence-corrected chi connectivity index (χ1v) is 12.7. The van der Waals surface area contributed by atoms with E-state index in [4.69, 9.17) is 9.15 Å². The minimum Gasteiger partial charge on any atom is -0.503 e. The lowest BCUT2D eigenvalue weighted by atomic mass is 9.95. The molecule has 0 fully saturated rings. The van der Waals surface area contributed by atoms with Gasteiger partial charge in [-0.1, -0.05) is 28.1 Å². The van der Waals surface area contributed by atoms with Crippen LogP contribution in [-0.4, -0.2) is 33.9 Å². The summed E-state index contributed by atoms with van der Waals surface area (Å²) in [4.78, 5) is 36.5. The standard InChI is InChI=1S/C29H22BrN3O5/c1-14-10-20-21(11-15(14)2)32-29(31-20)33-25(16-4-7-19(37-3)8-5-16)24(27(35)28(33)36)26(34)23-13-17-12-18(30)6-9-22(17)38-23/h4-13,25,35H,1-3H3,(H,31,32). The van der Waals surface area contributed by atoms with Crippen LogP contribution in [0, 0.1) is 13.8 Å². The Hall–Kier alpha value is -4.37. The highest BCUT2D eigenvalue weighted by molar-refractivity contribution is 9.10. The van der Waals surface area contributed by atoms with E-state index in [1.165, 1.54) is 4.90 Å². The minimum atomic E-state index is -0.955. The van der Waals surface area contributed by atoms with Crippen molar-refractivity contribution in [1.29, 1.82) is 0 Å². The number of ketones is 1. The van der Waals surface area contributed by atoms with Crippen LogP contribution in [0.2, 0.25) is 0 Å². The fraction of sp³-hybridized carbons (Fsp3) is 0.138. The number of hydrogen-bond acceptors (Lipinski definition) is 6. The second-order valence-corrected chi connectivity index (χ2v) is 10.2. The summed E-state index contributed by atoms with van der Waals surface area (Å²) in [7, 11) is 1.55. The number of anilines is 1. The average Bonchev–Trinajstić information content (AvgIpc) is 3.58. The number of nitrogens with zero attached hydrogens (tertiary/aromatic N) is 2. The number of Topliss-reactive ketones (excluding diaryl/α,β-unsaturated/α-hetero) is 1. The van der Waals surface area contributed by atoms with Gasteiger partial charge in [0.25, 0.3) is 5.91 Å². The molecule has 0 bridgehead atoms. The van der Waals surface area contributed by atoms with Crippen LogP contribution < -0.4 is 9.64 Å². The number of halogens is 1. The first kappa shape index (κ1) is 24.0. The van der Waals surface area contributed by atoms with Gasteiger partial charge in [0.05, 0.1) is 29.8 Å². The molecule has 8 nitrogen and oxygen atoms in total. The van der Waals surface area contributed by atoms with E-state index in [9.17, 15) is 14.7 Å². The first-order chi connectivity index (χ1) is 18.2. The predicted octanol–water partition coefficient (Wildman–Crippen LogP) is 6.48. The Morgan fingerprint density at radius 2 is 1.82 bits per heavy atom. The molecule has 1 aliphatic heterocycles. The number of aryl methyl sites for hydroxylation is 2. The molecule has 0 saturated carbocycles. The number of nitrogens with one attached hydrogen (secondary N) is 1. The maximum absolute atomic E-state index is 13.8. The molecule has 2 N–H and O–H groups in total. The number of rotatable bonds is 5. The van der Waals surface area contributed by atoms with Gasteiger partial charge in [0.15, 0.2) is 11.5 Å². The van der Waals surface area contributed by atoms with E-state index in [1.54, 1.807) is 43.5 Å². The molecule has 6 rings (SSSR count). The zero-order chi connectivity index (χ0) is 26.7. The number of aliphatic hydroxyl groups is 1. The topological polar surface area (TPSA) is 109 Å². The quantitative estimate of drug-likeness (QED) is 0.234. The molecule has 190 valence electrons. The minimum absolute atomic E-state index is 0.0173. The Balaban J connectivity index is 1.50. The zero-order valence-electron chi connectivity index (χ0n) is 20.7. The van der Waals surface area contributed by atoms with Crippen LogP contribution >= 0.6 is 15.9 Å². The fourth-order valence-electron chi connectivity index (χ4n) is 4.79. The Morgan fingerprint density at radius 3 is 2.55 bits per heavy atom. The molecule has 0 radical (unpaired) electrons. The molecule has 38 heavy (non-hydrogen) atoms. The SMILES string of the molecule is COc1ccc(C2C(C(=O)c3cc4cc(Br)ccc4o3)=C(O)C(=O)N2c2nc3cc(C)c(C)cc3[nH]2)cc1. The number of aromatic amines is 1. The number of amides is 1. The van der Waals surface area contributed by atoms with E-state index in [0.29, 0.717) is 27.8 Å². The number of aliphatic hydroxyl groups excluding tert-OH is 1. The molecular formula is C29H22BrN3O5. The summed E-state index contributed by atoms with van der Waals surface area (Å²) in [6.45, 7) is 3.98. The third kappa shape index (κ3) is 3.78. The van der Waals surface area contributed by atoms with Crippen molar-refractivity contribution >= 4 is 55.6 Å². The van der Waals surface area contributed by atoms with Crippen molar-refractivity contribution in [2.45, 2.75) is 19.9 Å². The third-order valence-electron chi connectivity index (χ3n) is 6.90. The molecule has 0 aliphatic carbocycles. The molecule has 9 heteroatoms. The second kappa shape index (κ2) is 8.88. The summed E-state index contributed by atoms with van der Waals surface area (Å²) in [5.41, 5.74) is 4.56. The highest BCUT2D eigenvalue weighted by atomic mass is 79.9. The van der Waals surface area contributed by atoms with Crippen molar-refractivity contribution in [2.24, 2.45) is 0 Å². The van der Waals surface area contributed by atoms with Gasteiger partial charge in [-0.3, -0.25) is 14.5 Å². The number of carbonyl (C=O) groups is 2. The Bertz CT molecular complexity index is 1760. The van der Waals surface area contributed by atoms with Crippen molar-refractivity contribution in [3.8, 4) is 5.75 Å². The highest BCUT2D eigenvalue weighted by Crippen LogP contribution is 2.42.